The van der Waals surface area contributed by atoms with E-state index in [4.69, 9.17) is 0 Å². The minimum Gasteiger partial charge on any atom is -0.298 e. The van der Waals surface area contributed by atoms with Crippen molar-refractivity contribution in [3.05, 3.63) is 30.1 Å². The number of nitrogens with zero attached hydrogens (tertiary/aromatic N) is 2. The Morgan fingerprint density at radius 3 is 2.80 bits per heavy atom. The lowest BCUT2D eigenvalue weighted by Gasteiger charge is -2.16. The Balaban J connectivity index is 2.51. The summed E-state index contributed by atoms with van der Waals surface area (Å²) in [6.07, 6.45) is 2.76. The molecule has 1 aromatic rings. The van der Waals surface area contributed by atoms with Crippen LogP contribution in [0.3, 0.4) is 0 Å². The average molecular weight is 210 g/mol. The standard InChI is InChI=1S/C11H15FN2O/c1-9(15)11(14(2)12)7-6-10-5-3-4-8-13-10/h3-5,8,11H,6-7H2,1-2H3. The molecule has 0 radical (unpaired) electrons. The SMILES string of the molecule is CC(=O)C(CCc1ccccn1)N(C)F. The normalized spacial score (nSPS) is 12.8. The fourth-order valence-corrected chi connectivity index (χ4v) is 1.46. The van der Waals surface area contributed by atoms with Gasteiger partial charge in [0.1, 0.15) is 5.78 Å². The number of Topliss-reactive ketones (excluding diaryl/α,β-unsaturated/α-hetero) is 1. The molecular weight excluding hydrogens is 195 g/mol. The van der Waals surface area contributed by atoms with Crippen molar-refractivity contribution in [1.82, 2.24) is 10.1 Å². The van der Waals surface area contributed by atoms with Crippen molar-refractivity contribution in [1.29, 1.82) is 0 Å². The van der Waals surface area contributed by atoms with Gasteiger partial charge in [-0.25, -0.2) is 0 Å². The number of halogens is 1. The Kier molecular flexibility index (Phi) is 4.37. The van der Waals surface area contributed by atoms with Gasteiger partial charge >= 0.3 is 0 Å². The lowest BCUT2D eigenvalue weighted by Crippen LogP contribution is -2.32. The zero-order valence-corrected chi connectivity index (χ0v) is 8.98. The molecule has 0 aromatic carbocycles. The van der Waals surface area contributed by atoms with E-state index < -0.39 is 6.04 Å². The van der Waals surface area contributed by atoms with Crippen LogP contribution >= 0.6 is 0 Å². The van der Waals surface area contributed by atoms with Crippen LogP contribution in [0.25, 0.3) is 0 Å². The molecule has 1 heterocycles. The predicted molar refractivity (Wildman–Crippen MR) is 55.9 cm³/mol. The lowest BCUT2D eigenvalue weighted by molar-refractivity contribution is -0.128. The van der Waals surface area contributed by atoms with E-state index in [2.05, 4.69) is 4.98 Å². The summed E-state index contributed by atoms with van der Waals surface area (Å²) in [6.45, 7) is 1.40. The Hall–Kier alpha value is -1.29. The van der Waals surface area contributed by atoms with E-state index in [1.165, 1.54) is 14.0 Å². The van der Waals surface area contributed by atoms with Crippen LogP contribution in [0.4, 0.5) is 4.48 Å². The number of rotatable bonds is 5. The van der Waals surface area contributed by atoms with Gasteiger partial charge in [0.2, 0.25) is 0 Å². The smallest absolute Gasteiger partial charge is 0.149 e. The number of aryl methyl sites for hydroxylation is 1. The first-order valence-corrected chi connectivity index (χ1v) is 4.90. The summed E-state index contributed by atoms with van der Waals surface area (Å²) in [6, 6.07) is 4.92. The second kappa shape index (κ2) is 5.56. The molecule has 15 heavy (non-hydrogen) atoms. The highest BCUT2D eigenvalue weighted by atomic mass is 19.2. The van der Waals surface area contributed by atoms with Crippen molar-refractivity contribution in [2.75, 3.05) is 7.05 Å². The summed E-state index contributed by atoms with van der Waals surface area (Å²) in [5.74, 6) is -0.157. The van der Waals surface area contributed by atoms with Gasteiger partial charge in [-0.2, -0.15) is 0 Å². The third-order valence-corrected chi connectivity index (χ3v) is 2.30. The molecule has 82 valence electrons. The van der Waals surface area contributed by atoms with Crippen LogP contribution in [0.1, 0.15) is 19.0 Å². The van der Waals surface area contributed by atoms with E-state index in [1.807, 2.05) is 18.2 Å². The van der Waals surface area contributed by atoms with Gasteiger partial charge in [-0.1, -0.05) is 6.07 Å². The maximum absolute atomic E-state index is 12.9. The van der Waals surface area contributed by atoms with Gasteiger partial charge in [-0.05, 0) is 31.9 Å². The highest BCUT2D eigenvalue weighted by molar-refractivity contribution is 5.81. The van der Waals surface area contributed by atoms with Gasteiger partial charge in [-0.15, -0.1) is 9.60 Å². The van der Waals surface area contributed by atoms with Gasteiger partial charge in [0.25, 0.3) is 0 Å². The number of hydrogen-bond donors (Lipinski definition) is 0. The number of carbonyl (C=O) groups excluding carboxylic acids is 1. The van der Waals surface area contributed by atoms with E-state index in [0.29, 0.717) is 18.0 Å². The zero-order chi connectivity index (χ0) is 11.3. The van der Waals surface area contributed by atoms with Gasteiger partial charge in [0, 0.05) is 18.9 Å². The maximum Gasteiger partial charge on any atom is 0.149 e. The second-order valence-electron chi connectivity index (χ2n) is 3.51. The molecule has 1 unspecified atom stereocenters. The molecule has 0 aliphatic carbocycles. The third-order valence-electron chi connectivity index (χ3n) is 2.30. The molecule has 0 spiro atoms. The van der Waals surface area contributed by atoms with Crippen LogP contribution in [0.2, 0.25) is 0 Å². The largest absolute Gasteiger partial charge is 0.298 e. The number of aromatic nitrogens is 1. The molecule has 1 aromatic heterocycles. The second-order valence-corrected chi connectivity index (χ2v) is 3.51. The molecule has 0 bridgehead atoms. The molecule has 0 N–H and O–H groups in total. The monoisotopic (exact) mass is 210 g/mol. The zero-order valence-electron chi connectivity index (χ0n) is 8.98. The van der Waals surface area contributed by atoms with Crippen molar-refractivity contribution in [2.45, 2.75) is 25.8 Å². The molecule has 1 rings (SSSR count). The molecule has 0 aliphatic rings. The van der Waals surface area contributed by atoms with Crippen LogP contribution in [0, 0.1) is 0 Å². The van der Waals surface area contributed by atoms with Gasteiger partial charge in [0.05, 0.1) is 6.04 Å². The number of ketones is 1. The van der Waals surface area contributed by atoms with E-state index in [1.54, 1.807) is 6.20 Å². The molecular formula is C11H15FN2O. The molecule has 0 amide bonds. The molecule has 0 aliphatic heterocycles. The first kappa shape index (κ1) is 11.8. The van der Waals surface area contributed by atoms with Gasteiger partial charge in [-0.3, -0.25) is 9.78 Å². The highest BCUT2D eigenvalue weighted by Gasteiger charge is 2.19. The summed E-state index contributed by atoms with van der Waals surface area (Å²) in [4.78, 5) is 15.2. The minimum absolute atomic E-state index is 0.157. The lowest BCUT2D eigenvalue weighted by atomic mass is 10.1. The molecule has 0 saturated carbocycles. The first-order valence-electron chi connectivity index (χ1n) is 4.90. The van der Waals surface area contributed by atoms with E-state index in [-0.39, 0.29) is 5.78 Å². The van der Waals surface area contributed by atoms with E-state index in [9.17, 15) is 9.28 Å². The van der Waals surface area contributed by atoms with E-state index >= 15 is 0 Å². The quantitative estimate of drug-likeness (QED) is 0.695. The van der Waals surface area contributed by atoms with Crippen LogP contribution in [0.5, 0.6) is 0 Å². The first-order chi connectivity index (χ1) is 7.11. The Bertz CT molecular complexity index is 314. The molecule has 0 saturated heterocycles. The maximum atomic E-state index is 12.9. The van der Waals surface area contributed by atoms with Gasteiger partial charge in [0.15, 0.2) is 0 Å². The Labute approximate surface area is 88.9 Å². The molecule has 3 nitrogen and oxygen atoms in total. The summed E-state index contributed by atoms with van der Waals surface area (Å²) >= 11 is 0. The fraction of sp³-hybridized carbons (Fsp3) is 0.455. The highest BCUT2D eigenvalue weighted by Crippen LogP contribution is 2.08. The molecule has 0 fully saturated rings. The van der Waals surface area contributed by atoms with E-state index in [0.717, 1.165) is 5.69 Å². The number of pyridine rings is 1. The van der Waals surface area contributed by atoms with Crippen LogP contribution in [-0.4, -0.2) is 29.0 Å². The Morgan fingerprint density at radius 2 is 2.33 bits per heavy atom. The predicted octanol–water partition coefficient (Wildman–Crippen LogP) is 1.79. The summed E-state index contributed by atoms with van der Waals surface area (Å²) < 4.78 is 12.9. The average Bonchev–Trinajstić information content (AvgIpc) is 2.18. The number of hydrogen-bond acceptors (Lipinski definition) is 3. The molecule has 4 heteroatoms. The van der Waals surface area contributed by atoms with Crippen molar-refractivity contribution >= 4 is 5.78 Å². The van der Waals surface area contributed by atoms with Crippen molar-refractivity contribution < 1.29 is 9.28 Å². The summed E-state index contributed by atoms with van der Waals surface area (Å²) in [5.41, 5.74) is 0.880. The summed E-state index contributed by atoms with van der Waals surface area (Å²) in [5, 5.41) is 0.464. The Morgan fingerprint density at radius 1 is 1.60 bits per heavy atom. The van der Waals surface area contributed by atoms with Crippen LogP contribution in [-0.2, 0) is 11.2 Å². The summed E-state index contributed by atoms with van der Waals surface area (Å²) in [7, 11) is 1.27. The number of carbonyl (C=O) groups is 1. The minimum atomic E-state index is -0.660. The van der Waals surface area contributed by atoms with Crippen molar-refractivity contribution in [2.24, 2.45) is 0 Å². The van der Waals surface area contributed by atoms with Crippen molar-refractivity contribution in [3.8, 4) is 0 Å². The topological polar surface area (TPSA) is 33.2 Å². The third kappa shape index (κ3) is 3.75. The molecule has 1 atom stereocenters. The van der Waals surface area contributed by atoms with Crippen molar-refractivity contribution in [3.63, 3.8) is 0 Å². The van der Waals surface area contributed by atoms with Crippen LogP contribution < -0.4 is 0 Å². The van der Waals surface area contributed by atoms with Crippen LogP contribution in [0.15, 0.2) is 24.4 Å². The fourth-order valence-electron chi connectivity index (χ4n) is 1.46. The van der Waals surface area contributed by atoms with Gasteiger partial charge < -0.3 is 0 Å². The number of likely N-dealkylation sites (N-methyl/N-ethyl adjacent to an activating group) is 1.